The Morgan fingerprint density at radius 2 is 1.73 bits per heavy atom. The number of hydrogen-bond acceptors (Lipinski definition) is 2. The molecule has 86 valence electrons. The molecule has 0 radical (unpaired) electrons. The first-order valence-corrected chi connectivity index (χ1v) is 9.39. The van der Waals surface area contributed by atoms with E-state index >= 15 is 0 Å². The van der Waals surface area contributed by atoms with E-state index in [9.17, 15) is 5.11 Å². The molecule has 2 rings (SSSR count). The van der Waals surface area contributed by atoms with Gasteiger partial charge in [0.1, 0.15) is 0 Å². The van der Waals surface area contributed by atoms with Gasteiger partial charge in [-0.25, -0.2) is 0 Å². The van der Waals surface area contributed by atoms with Gasteiger partial charge in [0.25, 0.3) is 0 Å². The zero-order valence-corrected chi connectivity index (χ0v) is 11.0. The quantitative estimate of drug-likeness (QED) is 0.733. The number of fused-ring (bicyclic) bond motifs is 2. The summed E-state index contributed by atoms with van der Waals surface area (Å²) in [6.45, 7) is 10.9. The van der Waals surface area contributed by atoms with Crippen molar-refractivity contribution in [1.29, 1.82) is 0 Å². The van der Waals surface area contributed by atoms with Crippen molar-refractivity contribution in [2.75, 3.05) is 0 Å². The van der Waals surface area contributed by atoms with E-state index in [2.05, 4.69) is 26.2 Å². The Balaban J connectivity index is 2.17. The predicted molar refractivity (Wildman–Crippen MR) is 64.6 cm³/mol. The first-order valence-electron chi connectivity index (χ1n) is 5.89. The summed E-state index contributed by atoms with van der Waals surface area (Å²) in [6.07, 6.45) is 4.33. The molecule has 0 amide bonds. The van der Waals surface area contributed by atoms with Crippen LogP contribution < -0.4 is 0 Å². The van der Waals surface area contributed by atoms with E-state index in [0.717, 1.165) is 30.9 Å². The molecule has 2 unspecified atom stereocenters. The highest BCUT2D eigenvalue weighted by molar-refractivity contribution is 6.83. The van der Waals surface area contributed by atoms with E-state index in [4.69, 9.17) is 4.74 Å². The Bertz CT molecular complexity index is 268. The van der Waals surface area contributed by atoms with Crippen molar-refractivity contribution in [3.63, 3.8) is 0 Å². The van der Waals surface area contributed by atoms with Crippen LogP contribution >= 0.6 is 0 Å². The summed E-state index contributed by atoms with van der Waals surface area (Å²) in [6, 6.07) is 0. The van der Waals surface area contributed by atoms with Gasteiger partial charge in [-0.05, 0) is 12.8 Å². The smallest absolute Gasteiger partial charge is 0.0869 e. The highest BCUT2D eigenvalue weighted by Gasteiger charge is 2.47. The van der Waals surface area contributed by atoms with Gasteiger partial charge in [-0.2, -0.15) is 0 Å². The second-order valence-corrected chi connectivity index (χ2v) is 11.2. The lowest BCUT2D eigenvalue weighted by Gasteiger charge is -2.42. The molecule has 0 aliphatic carbocycles. The Hall–Kier alpha value is -0.123. The zero-order valence-electron chi connectivity index (χ0n) is 10.0. The van der Waals surface area contributed by atoms with Crippen molar-refractivity contribution >= 4 is 8.07 Å². The highest BCUT2D eigenvalue weighted by atomic mass is 28.3. The molecule has 2 bridgehead atoms. The molecular formula is C12H22O2Si. The summed E-state index contributed by atoms with van der Waals surface area (Å²) in [4.78, 5) is 0. The van der Waals surface area contributed by atoms with Gasteiger partial charge >= 0.3 is 0 Å². The third kappa shape index (κ3) is 2.05. The van der Waals surface area contributed by atoms with Crippen molar-refractivity contribution in [3.05, 3.63) is 11.8 Å². The molecule has 0 saturated carbocycles. The largest absolute Gasteiger partial charge is 0.386 e. The van der Waals surface area contributed by atoms with Crippen LogP contribution in [0, 0.1) is 0 Å². The molecule has 2 nitrogen and oxygen atoms in total. The van der Waals surface area contributed by atoms with Crippen LogP contribution in [-0.2, 0) is 4.74 Å². The third-order valence-corrected chi connectivity index (χ3v) is 6.07. The normalized spacial score (nSPS) is 40.5. The molecule has 0 aromatic rings. The van der Waals surface area contributed by atoms with Gasteiger partial charge in [-0.1, -0.05) is 24.8 Å². The van der Waals surface area contributed by atoms with E-state index in [-0.39, 0.29) is 12.2 Å². The molecule has 0 spiro atoms. The van der Waals surface area contributed by atoms with Gasteiger partial charge in [0.2, 0.25) is 0 Å². The van der Waals surface area contributed by atoms with Gasteiger partial charge in [0.15, 0.2) is 0 Å². The lowest BCUT2D eigenvalue weighted by atomic mass is 9.90. The Kier molecular flexibility index (Phi) is 2.60. The average Bonchev–Trinajstić information content (AvgIpc) is 2.43. The summed E-state index contributed by atoms with van der Waals surface area (Å²) in [5.74, 6) is 0. The zero-order chi connectivity index (χ0) is 11.3. The molecule has 2 atom stereocenters. The van der Waals surface area contributed by atoms with Crippen LogP contribution in [0.5, 0.6) is 0 Å². The lowest BCUT2D eigenvalue weighted by molar-refractivity contribution is -0.0893. The van der Waals surface area contributed by atoms with Gasteiger partial charge < -0.3 is 9.84 Å². The molecule has 2 heterocycles. The van der Waals surface area contributed by atoms with Crippen LogP contribution in [0.3, 0.4) is 0 Å². The standard InChI is InChI=1S/C12H22O2Si/c1-9(15(2,3)4)12(13)7-10-5-6-11(8-12)14-10/h10-11,13H,1,5-8H2,2-4H3. The van der Waals surface area contributed by atoms with E-state index < -0.39 is 13.7 Å². The van der Waals surface area contributed by atoms with Crippen LogP contribution in [0.25, 0.3) is 0 Å². The van der Waals surface area contributed by atoms with E-state index in [1.807, 2.05) is 0 Å². The van der Waals surface area contributed by atoms with Crippen molar-refractivity contribution in [2.45, 2.75) is 63.1 Å². The fraction of sp³-hybridized carbons (Fsp3) is 0.833. The summed E-state index contributed by atoms with van der Waals surface area (Å²) < 4.78 is 5.77. The van der Waals surface area contributed by atoms with Crippen LogP contribution in [0.15, 0.2) is 11.8 Å². The number of aliphatic hydroxyl groups is 1. The molecule has 2 aliphatic rings. The second-order valence-electron chi connectivity index (χ2n) is 6.13. The first-order chi connectivity index (χ1) is 6.81. The summed E-state index contributed by atoms with van der Waals surface area (Å²) in [5, 5.41) is 11.8. The van der Waals surface area contributed by atoms with Crippen molar-refractivity contribution in [3.8, 4) is 0 Å². The van der Waals surface area contributed by atoms with E-state index in [0.29, 0.717) is 0 Å². The molecule has 3 heteroatoms. The van der Waals surface area contributed by atoms with Crippen LogP contribution in [0.4, 0.5) is 0 Å². The molecule has 15 heavy (non-hydrogen) atoms. The topological polar surface area (TPSA) is 29.5 Å². The third-order valence-electron chi connectivity index (χ3n) is 3.79. The van der Waals surface area contributed by atoms with Gasteiger partial charge in [-0.15, -0.1) is 6.58 Å². The molecule has 2 saturated heterocycles. The van der Waals surface area contributed by atoms with Crippen molar-refractivity contribution in [1.82, 2.24) is 0 Å². The SMILES string of the molecule is C=C(C1(O)CC2CCC(C1)O2)[Si](C)(C)C. The molecule has 0 aromatic heterocycles. The summed E-state index contributed by atoms with van der Waals surface area (Å²) >= 11 is 0. The highest BCUT2D eigenvalue weighted by Crippen LogP contribution is 2.43. The molecular weight excluding hydrogens is 204 g/mol. The van der Waals surface area contributed by atoms with Gasteiger partial charge in [0.05, 0.1) is 25.9 Å². The number of ether oxygens (including phenoxy) is 1. The maximum Gasteiger partial charge on any atom is 0.0869 e. The average molecular weight is 226 g/mol. The van der Waals surface area contributed by atoms with Crippen molar-refractivity contribution in [2.24, 2.45) is 0 Å². The fourth-order valence-electron chi connectivity index (χ4n) is 2.86. The molecule has 2 aliphatic heterocycles. The Morgan fingerprint density at radius 1 is 1.27 bits per heavy atom. The molecule has 2 fully saturated rings. The van der Waals surface area contributed by atoms with Crippen LogP contribution in [0.1, 0.15) is 25.7 Å². The van der Waals surface area contributed by atoms with Crippen LogP contribution in [-0.4, -0.2) is 31.0 Å². The summed E-state index contributed by atoms with van der Waals surface area (Å²) in [7, 11) is -1.45. The molecule has 0 aromatic carbocycles. The minimum Gasteiger partial charge on any atom is -0.386 e. The fourth-order valence-corrected chi connectivity index (χ4v) is 4.46. The van der Waals surface area contributed by atoms with Crippen molar-refractivity contribution < 1.29 is 9.84 Å². The van der Waals surface area contributed by atoms with E-state index in [1.165, 1.54) is 0 Å². The van der Waals surface area contributed by atoms with Crippen LogP contribution in [0.2, 0.25) is 19.6 Å². The second kappa shape index (κ2) is 3.44. The van der Waals surface area contributed by atoms with Gasteiger partial charge in [0, 0.05) is 12.8 Å². The maximum atomic E-state index is 10.7. The summed E-state index contributed by atoms with van der Waals surface area (Å²) in [5.41, 5.74) is -0.630. The Morgan fingerprint density at radius 3 is 2.13 bits per heavy atom. The number of rotatable bonds is 2. The van der Waals surface area contributed by atoms with E-state index in [1.54, 1.807) is 0 Å². The predicted octanol–water partition coefficient (Wildman–Crippen LogP) is 2.49. The number of hydrogen-bond donors (Lipinski definition) is 1. The molecule has 1 N–H and O–H groups in total. The maximum absolute atomic E-state index is 10.7. The van der Waals surface area contributed by atoms with Gasteiger partial charge in [-0.3, -0.25) is 0 Å². The monoisotopic (exact) mass is 226 g/mol. The lowest BCUT2D eigenvalue weighted by Crippen LogP contribution is -2.48. The first kappa shape index (κ1) is 11.4. The minimum atomic E-state index is -1.45. The Labute approximate surface area is 93.3 Å². The minimum absolute atomic E-state index is 0.279.